The Morgan fingerprint density at radius 3 is 2.76 bits per heavy atom. The summed E-state index contributed by atoms with van der Waals surface area (Å²) >= 11 is 0. The number of para-hydroxylation sites is 1. The van der Waals surface area contributed by atoms with Crippen molar-refractivity contribution in [1.29, 1.82) is 0 Å². The maximum Gasteiger partial charge on any atom is 0.123 e. The first-order valence-corrected chi connectivity index (χ1v) is 5.58. The maximum absolute atomic E-state index is 6.20. The average molecular weight is 228 g/mol. The fourth-order valence-corrected chi connectivity index (χ4v) is 1.86. The van der Waals surface area contributed by atoms with Crippen LogP contribution in [-0.2, 0) is 6.42 Å². The van der Waals surface area contributed by atoms with Gasteiger partial charge in [-0.15, -0.1) is 0 Å². The number of rotatable bonds is 4. The third-order valence-corrected chi connectivity index (χ3v) is 2.72. The van der Waals surface area contributed by atoms with E-state index in [1.165, 1.54) is 0 Å². The van der Waals surface area contributed by atoms with Gasteiger partial charge in [0.1, 0.15) is 5.75 Å². The van der Waals surface area contributed by atoms with Gasteiger partial charge >= 0.3 is 0 Å². The van der Waals surface area contributed by atoms with Crippen LogP contribution >= 0.6 is 0 Å². The van der Waals surface area contributed by atoms with Crippen LogP contribution in [0, 0.1) is 0 Å². The van der Waals surface area contributed by atoms with Crippen LogP contribution in [0.15, 0.2) is 48.8 Å². The minimum Gasteiger partial charge on any atom is -0.496 e. The highest BCUT2D eigenvalue weighted by Crippen LogP contribution is 2.25. The van der Waals surface area contributed by atoms with Gasteiger partial charge in [-0.1, -0.05) is 24.3 Å². The first kappa shape index (κ1) is 11.6. The molecule has 2 rings (SSSR count). The molecule has 1 atom stereocenters. The van der Waals surface area contributed by atoms with Crippen LogP contribution in [0.1, 0.15) is 17.2 Å². The van der Waals surface area contributed by atoms with Crippen molar-refractivity contribution in [2.75, 3.05) is 7.11 Å². The molecule has 0 fully saturated rings. The number of benzene rings is 1. The molecule has 0 amide bonds. The van der Waals surface area contributed by atoms with E-state index in [0.717, 1.165) is 23.3 Å². The van der Waals surface area contributed by atoms with Crippen LogP contribution in [-0.4, -0.2) is 12.1 Å². The van der Waals surface area contributed by atoms with Crippen molar-refractivity contribution in [1.82, 2.24) is 4.98 Å². The van der Waals surface area contributed by atoms with E-state index in [0.29, 0.717) is 0 Å². The Labute approximate surface area is 101 Å². The molecule has 0 radical (unpaired) electrons. The van der Waals surface area contributed by atoms with Crippen molar-refractivity contribution in [3.63, 3.8) is 0 Å². The summed E-state index contributed by atoms with van der Waals surface area (Å²) in [5, 5.41) is 0. The lowest BCUT2D eigenvalue weighted by molar-refractivity contribution is 0.405. The van der Waals surface area contributed by atoms with E-state index in [4.69, 9.17) is 10.5 Å². The second-order valence-electron chi connectivity index (χ2n) is 3.91. The Balaban J connectivity index is 2.17. The highest BCUT2D eigenvalue weighted by atomic mass is 16.5. The third kappa shape index (κ3) is 2.82. The summed E-state index contributed by atoms with van der Waals surface area (Å²) in [6.07, 6.45) is 4.36. The second kappa shape index (κ2) is 5.46. The molecular formula is C14H16N2O. The van der Waals surface area contributed by atoms with Gasteiger partial charge in [0.25, 0.3) is 0 Å². The van der Waals surface area contributed by atoms with Crippen LogP contribution < -0.4 is 10.5 Å². The first-order valence-electron chi connectivity index (χ1n) is 5.58. The Bertz CT molecular complexity index is 471. The van der Waals surface area contributed by atoms with Gasteiger partial charge in [0.2, 0.25) is 0 Å². The van der Waals surface area contributed by atoms with Crippen molar-refractivity contribution in [3.05, 3.63) is 59.9 Å². The van der Waals surface area contributed by atoms with Gasteiger partial charge < -0.3 is 10.5 Å². The first-order chi connectivity index (χ1) is 8.31. The SMILES string of the molecule is COc1ccccc1C(N)Cc1cccnc1. The normalized spacial score (nSPS) is 12.1. The summed E-state index contributed by atoms with van der Waals surface area (Å²) in [6, 6.07) is 11.7. The van der Waals surface area contributed by atoms with E-state index in [9.17, 15) is 0 Å². The summed E-state index contributed by atoms with van der Waals surface area (Å²) in [5.74, 6) is 0.837. The molecule has 0 bridgehead atoms. The molecular weight excluding hydrogens is 212 g/mol. The zero-order valence-electron chi connectivity index (χ0n) is 9.84. The molecule has 3 heteroatoms. The molecule has 2 aromatic rings. The monoisotopic (exact) mass is 228 g/mol. The number of aromatic nitrogens is 1. The average Bonchev–Trinajstić information content (AvgIpc) is 2.40. The third-order valence-electron chi connectivity index (χ3n) is 2.72. The Hall–Kier alpha value is -1.87. The molecule has 1 aromatic carbocycles. The summed E-state index contributed by atoms with van der Waals surface area (Å²) < 4.78 is 5.31. The van der Waals surface area contributed by atoms with E-state index in [2.05, 4.69) is 4.98 Å². The summed E-state index contributed by atoms with van der Waals surface area (Å²) in [6.45, 7) is 0. The number of ether oxygens (including phenoxy) is 1. The smallest absolute Gasteiger partial charge is 0.123 e. The number of nitrogens with zero attached hydrogens (tertiary/aromatic N) is 1. The fraction of sp³-hybridized carbons (Fsp3) is 0.214. The molecule has 0 aliphatic carbocycles. The Morgan fingerprint density at radius 2 is 2.06 bits per heavy atom. The molecule has 0 aliphatic heterocycles. The standard InChI is InChI=1S/C14H16N2O/c1-17-14-7-3-2-6-12(14)13(15)9-11-5-4-8-16-10-11/h2-8,10,13H,9,15H2,1H3. The van der Waals surface area contributed by atoms with Crippen molar-refractivity contribution in [3.8, 4) is 5.75 Å². The van der Waals surface area contributed by atoms with E-state index in [1.807, 2.05) is 42.6 Å². The van der Waals surface area contributed by atoms with Crippen molar-refractivity contribution in [2.24, 2.45) is 5.73 Å². The molecule has 0 spiro atoms. The molecule has 2 N–H and O–H groups in total. The molecule has 0 saturated heterocycles. The second-order valence-corrected chi connectivity index (χ2v) is 3.91. The highest BCUT2D eigenvalue weighted by Gasteiger charge is 2.11. The lowest BCUT2D eigenvalue weighted by Gasteiger charge is -2.15. The van der Waals surface area contributed by atoms with Gasteiger partial charge in [-0.3, -0.25) is 4.98 Å². The van der Waals surface area contributed by atoms with Crippen LogP contribution in [0.2, 0.25) is 0 Å². The van der Waals surface area contributed by atoms with Gasteiger partial charge in [0.05, 0.1) is 7.11 Å². The lowest BCUT2D eigenvalue weighted by atomic mass is 10.00. The number of hydrogen-bond acceptors (Lipinski definition) is 3. The summed E-state index contributed by atoms with van der Waals surface area (Å²) in [5.41, 5.74) is 8.35. The predicted molar refractivity (Wildman–Crippen MR) is 67.9 cm³/mol. The van der Waals surface area contributed by atoms with Gasteiger partial charge in [-0.05, 0) is 24.1 Å². The van der Waals surface area contributed by atoms with Gasteiger partial charge in [-0.2, -0.15) is 0 Å². The summed E-state index contributed by atoms with van der Waals surface area (Å²) in [7, 11) is 1.66. The predicted octanol–water partition coefficient (Wildman–Crippen LogP) is 2.33. The molecule has 1 aromatic heterocycles. The topological polar surface area (TPSA) is 48.1 Å². The molecule has 0 aliphatic rings. The molecule has 0 saturated carbocycles. The summed E-state index contributed by atoms with van der Waals surface area (Å²) in [4.78, 5) is 4.09. The van der Waals surface area contributed by atoms with Gasteiger partial charge in [0.15, 0.2) is 0 Å². The van der Waals surface area contributed by atoms with Crippen LogP contribution in [0.25, 0.3) is 0 Å². The highest BCUT2D eigenvalue weighted by molar-refractivity contribution is 5.36. The van der Waals surface area contributed by atoms with Gasteiger partial charge in [0, 0.05) is 24.0 Å². The fourth-order valence-electron chi connectivity index (χ4n) is 1.86. The van der Waals surface area contributed by atoms with Crippen molar-refractivity contribution in [2.45, 2.75) is 12.5 Å². The van der Waals surface area contributed by atoms with E-state index in [1.54, 1.807) is 13.3 Å². The van der Waals surface area contributed by atoms with Crippen LogP contribution in [0.3, 0.4) is 0 Å². The van der Waals surface area contributed by atoms with Gasteiger partial charge in [-0.25, -0.2) is 0 Å². The molecule has 17 heavy (non-hydrogen) atoms. The largest absolute Gasteiger partial charge is 0.496 e. The number of nitrogens with two attached hydrogens (primary N) is 1. The van der Waals surface area contributed by atoms with E-state index >= 15 is 0 Å². The number of hydrogen-bond donors (Lipinski definition) is 1. The number of methoxy groups -OCH3 is 1. The quantitative estimate of drug-likeness (QED) is 0.873. The number of pyridine rings is 1. The molecule has 88 valence electrons. The maximum atomic E-state index is 6.20. The van der Waals surface area contributed by atoms with E-state index < -0.39 is 0 Å². The Kier molecular flexibility index (Phi) is 3.73. The zero-order valence-corrected chi connectivity index (χ0v) is 9.84. The van der Waals surface area contributed by atoms with Crippen molar-refractivity contribution < 1.29 is 4.74 Å². The zero-order chi connectivity index (χ0) is 12.1. The van der Waals surface area contributed by atoms with Crippen LogP contribution in [0.4, 0.5) is 0 Å². The molecule has 1 heterocycles. The van der Waals surface area contributed by atoms with E-state index in [-0.39, 0.29) is 6.04 Å². The minimum atomic E-state index is -0.0738. The minimum absolute atomic E-state index is 0.0738. The molecule has 1 unspecified atom stereocenters. The van der Waals surface area contributed by atoms with Crippen LogP contribution in [0.5, 0.6) is 5.75 Å². The Morgan fingerprint density at radius 1 is 1.24 bits per heavy atom. The van der Waals surface area contributed by atoms with Crippen molar-refractivity contribution >= 4 is 0 Å². The molecule has 3 nitrogen and oxygen atoms in total. The lowest BCUT2D eigenvalue weighted by Crippen LogP contribution is -2.14.